The van der Waals surface area contributed by atoms with Gasteiger partial charge in [0.25, 0.3) is 0 Å². The van der Waals surface area contributed by atoms with Crippen LogP contribution in [0.5, 0.6) is 0 Å². The Morgan fingerprint density at radius 2 is 1.50 bits per heavy atom. The predicted molar refractivity (Wildman–Crippen MR) is 98.7 cm³/mol. The average molecular weight is 343 g/mol. The van der Waals surface area contributed by atoms with E-state index in [4.69, 9.17) is 5.73 Å². The molecule has 0 bridgehead atoms. The molecule has 3 N–H and O–H groups in total. The standard InChI is InChI=1S/C19H38N2O3/c1-3-4-5-6-7-8-9-10-11-15-18(22)21-16-13-12-14-17(20)19(23)24-2/h17H,3-16,20H2,1-2H3,(H,21,22). The quantitative estimate of drug-likeness (QED) is 0.331. The monoisotopic (exact) mass is 342 g/mol. The number of ether oxygens (including phenoxy) is 1. The van der Waals surface area contributed by atoms with Crippen LogP contribution in [0.2, 0.25) is 0 Å². The van der Waals surface area contributed by atoms with Crippen molar-refractivity contribution >= 4 is 11.9 Å². The highest BCUT2D eigenvalue weighted by molar-refractivity contribution is 5.76. The molecule has 0 spiro atoms. The van der Waals surface area contributed by atoms with Crippen molar-refractivity contribution in [3.8, 4) is 0 Å². The van der Waals surface area contributed by atoms with E-state index in [9.17, 15) is 9.59 Å². The number of unbranched alkanes of at least 4 members (excludes halogenated alkanes) is 9. The lowest BCUT2D eigenvalue weighted by Crippen LogP contribution is -2.31. The van der Waals surface area contributed by atoms with Gasteiger partial charge in [-0.1, -0.05) is 58.3 Å². The maximum absolute atomic E-state index is 11.7. The van der Waals surface area contributed by atoms with Crippen molar-refractivity contribution in [2.24, 2.45) is 5.73 Å². The maximum atomic E-state index is 11.7. The van der Waals surface area contributed by atoms with Gasteiger partial charge in [-0.2, -0.15) is 0 Å². The SMILES string of the molecule is CCCCCCCCCCCC(=O)NCCCCC(N)C(=O)OC. The Morgan fingerprint density at radius 3 is 2.08 bits per heavy atom. The smallest absolute Gasteiger partial charge is 0.322 e. The second-order valence-corrected chi connectivity index (χ2v) is 6.55. The van der Waals surface area contributed by atoms with Crippen molar-refractivity contribution in [3.63, 3.8) is 0 Å². The summed E-state index contributed by atoms with van der Waals surface area (Å²) in [4.78, 5) is 22.8. The Balaban J connectivity index is 3.31. The molecule has 0 aliphatic heterocycles. The van der Waals surface area contributed by atoms with Gasteiger partial charge in [0.15, 0.2) is 0 Å². The normalized spacial score (nSPS) is 12.0. The number of nitrogens with two attached hydrogens (primary N) is 1. The van der Waals surface area contributed by atoms with Gasteiger partial charge in [-0.25, -0.2) is 0 Å². The van der Waals surface area contributed by atoms with Gasteiger partial charge in [-0.3, -0.25) is 9.59 Å². The molecular formula is C19H38N2O3. The Bertz CT molecular complexity index is 322. The molecule has 0 aromatic heterocycles. The van der Waals surface area contributed by atoms with Crippen LogP contribution in [0.4, 0.5) is 0 Å². The summed E-state index contributed by atoms with van der Waals surface area (Å²) in [6, 6.07) is -0.548. The van der Waals surface area contributed by atoms with Crippen LogP contribution >= 0.6 is 0 Å². The predicted octanol–water partition coefficient (Wildman–Crippen LogP) is 3.69. The summed E-state index contributed by atoms with van der Waals surface area (Å²) in [5.41, 5.74) is 5.65. The van der Waals surface area contributed by atoms with Crippen molar-refractivity contribution in [2.45, 2.75) is 96.4 Å². The molecule has 5 nitrogen and oxygen atoms in total. The fraction of sp³-hybridized carbons (Fsp3) is 0.895. The molecule has 0 aliphatic rings. The fourth-order valence-electron chi connectivity index (χ4n) is 2.67. The minimum absolute atomic E-state index is 0.134. The lowest BCUT2D eigenvalue weighted by atomic mass is 10.1. The zero-order chi connectivity index (χ0) is 18.0. The maximum Gasteiger partial charge on any atom is 0.322 e. The van der Waals surface area contributed by atoms with Gasteiger partial charge in [0, 0.05) is 13.0 Å². The van der Waals surface area contributed by atoms with Gasteiger partial charge >= 0.3 is 5.97 Å². The molecule has 0 fully saturated rings. The fourth-order valence-corrected chi connectivity index (χ4v) is 2.67. The van der Waals surface area contributed by atoms with E-state index in [-0.39, 0.29) is 11.9 Å². The molecule has 0 heterocycles. The zero-order valence-corrected chi connectivity index (χ0v) is 15.8. The molecule has 5 heteroatoms. The molecule has 24 heavy (non-hydrogen) atoms. The van der Waals surface area contributed by atoms with Crippen LogP contribution in [0.15, 0.2) is 0 Å². The Morgan fingerprint density at radius 1 is 0.917 bits per heavy atom. The zero-order valence-electron chi connectivity index (χ0n) is 15.8. The first kappa shape index (κ1) is 22.9. The third-order valence-corrected chi connectivity index (χ3v) is 4.28. The summed E-state index contributed by atoms with van der Waals surface area (Å²) < 4.78 is 4.57. The highest BCUT2D eigenvalue weighted by Gasteiger charge is 2.12. The topological polar surface area (TPSA) is 81.4 Å². The molecule has 0 aromatic carbocycles. The molecule has 0 saturated carbocycles. The number of hydrogen-bond donors (Lipinski definition) is 2. The molecule has 0 aromatic rings. The third kappa shape index (κ3) is 14.5. The molecule has 142 valence electrons. The third-order valence-electron chi connectivity index (χ3n) is 4.28. The number of methoxy groups -OCH3 is 1. The van der Waals surface area contributed by atoms with Gasteiger partial charge < -0.3 is 15.8 Å². The van der Waals surface area contributed by atoms with Gasteiger partial charge in [-0.15, -0.1) is 0 Å². The molecule has 0 radical (unpaired) electrons. The van der Waals surface area contributed by atoms with Crippen LogP contribution in [0.3, 0.4) is 0 Å². The van der Waals surface area contributed by atoms with Crippen LogP contribution in [-0.2, 0) is 14.3 Å². The largest absolute Gasteiger partial charge is 0.468 e. The summed E-state index contributed by atoms with van der Waals surface area (Å²) in [7, 11) is 1.34. The number of nitrogens with one attached hydrogen (secondary N) is 1. The number of carbonyl (C=O) groups excluding carboxylic acids is 2. The van der Waals surface area contributed by atoms with E-state index in [0.29, 0.717) is 19.4 Å². The van der Waals surface area contributed by atoms with Crippen molar-refractivity contribution in [1.29, 1.82) is 0 Å². The molecule has 0 rings (SSSR count). The Kier molecular flexibility index (Phi) is 16.0. The van der Waals surface area contributed by atoms with Gasteiger partial charge in [-0.05, 0) is 25.7 Å². The van der Waals surface area contributed by atoms with E-state index in [1.165, 1.54) is 52.1 Å². The van der Waals surface area contributed by atoms with Crippen molar-refractivity contribution in [2.75, 3.05) is 13.7 Å². The highest BCUT2D eigenvalue weighted by Crippen LogP contribution is 2.10. The van der Waals surface area contributed by atoms with Gasteiger partial charge in [0.1, 0.15) is 6.04 Å². The van der Waals surface area contributed by atoms with Crippen LogP contribution in [-0.4, -0.2) is 31.6 Å². The number of rotatable bonds is 16. The van der Waals surface area contributed by atoms with Gasteiger partial charge in [0.2, 0.25) is 5.91 Å². The molecule has 0 aliphatic carbocycles. The molecular weight excluding hydrogens is 304 g/mol. The summed E-state index contributed by atoms with van der Waals surface area (Å²) in [5, 5.41) is 2.93. The van der Waals surface area contributed by atoms with E-state index in [0.717, 1.165) is 25.7 Å². The number of carbonyl (C=O) groups is 2. The van der Waals surface area contributed by atoms with Crippen LogP contribution in [0, 0.1) is 0 Å². The first-order valence-corrected chi connectivity index (χ1v) is 9.72. The Hall–Kier alpha value is -1.10. The summed E-state index contributed by atoms with van der Waals surface area (Å²) in [6.45, 7) is 2.90. The number of hydrogen-bond acceptors (Lipinski definition) is 4. The van der Waals surface area contributed by atoms with Crippen LogP contribution in [0.1, 0.15) is 90.4 Å². The molecule has 1 unspecified atom stereocenters. The van der Waals surface area contributed by atoms with E-state index in [1.54, 1.807) is 0 Å². The first-order valence-electron chi connectivity index (χ1n) is 9.72. The summed E-state index contributed by atoms with van der Waals surface area (Å²) >= 11 is 0. The van der Waals surface area contributed by atoms with E-state index < -0.39 is 6.04 Å². The highest BCUT2D eigenvalue weighted by atomic mass is 16.5. The molecule has 1 amide bonds. The number of amides is 1. The second kappa shape index (κ2) is 16.7. The first-order chi connectivity index (χ1) is 11.6. The van der Waals surface area contributed by atoms with E-state index >= 15 is 0 Å². The minimum Gasteiger partial charge on any atom is -0.468 e. The van der Waals surface area contributed by atoms with E-state index in [2.05, 4.69) is 17.0 Å². The summed E-state index contributed by atoms with van der Waals surface area (Å²) in [6.07, 6.45) is 14.3. The average Bonchev–Trinajstić information content (AvgIpc) is 2.59. The van der Waals surface area contributed by atoms with Gasteiger partial charge in [0.05, 0.1) is 7.11 Å². The van der Waals surface area contributed by atoms with Crippen molar-refractivity contribution in [3.05, 3.63) is 0 Å². The molecule has 0 saturated heterocycles. The molecule has 1 atom stereocenters. The lowest BCUT2D eigenvalue weighted by Gasteiger charge is -2.09. The Labute approximate surface area is 148 Å². The second-order valence-electron chi connectivity index (χ2n) is 6.55. The van der Waals surface area contributed by atoms with E-state index in [1.807, 2.05) is 0 Å². The summed E-state index contributed by atoms with van der Waals surface area (Å²) in [5.74, 6) is -0.236. The lowest BCUT2D eigenvalue weighted by molar-refractivity contribution is -0.142. The number of esters is 1. The van der Waals surface area contributed by atoms with Crippen molar-refractivity contribution < 1.29 is 14.3 Å². The van der Waals surface area contributed by atoms with Crippen LogP contribution in [0.25, 0.3) is 0 Å². The van der Waals surface area contributed by atoms with Crippen molar-refractivity contribution in [1.82, 2.24) is 5.32 Å². The minimum atomic E-state index is -0.548. The van der Waals surface area contributed by atoms with Crippen LogP contribution < -0.4 is 11.1 Å².